The molecule has 1 atom stereocenters. The number of ether oxygens (including phenoxy) is 1. The van der Waals surface area contributed by atoms with Crippen LogP contribution in [0.5, 0.6) is 0 Å². The molecular formula is C18H30N4O. The second kappa shape index (κ2) is 9.53. The fourth-order valence-electron chi connectivity index (χ4n) is 3.08. The Morgan fingerprint density at radius 2 is 2.00 bits per heavy atom. The van der Waals surface area contributed by atoms with E-state index in [0.717, 1.165) is 25.6 Å². The molecular weight excluding hydrogens is 288 g/mol. The van der Waals surface area contributed by atoms with Crippen LogP contribution in [0.4, 0.5) is 0 Å². The lowest BCUT2D eigenvalue weighted by Crippen LogP contribution is -2.44. The van der Waals surface area contributed by atoms with Gasteiger partial charge in [0.2, 0.25) is 0 Å². The van der Waals surface area contributed by atoms with E-state index in [2.05, 4.69) is 51.7 Å². The smallest absolute Gasteiger partial charge is 0.191 e. The average Bonchev–Trinajstić information content (AvgIpc) is 3.04. The Morgan fingerprint density at radius 1 is 1.26 bits per heavy atom. The Hall–Kier alpha value is -1.59. The number of likely N-dealkylation sites (tertiary alicyclic amines) is 1. The molecule has 23 heavy (non-hydrogen) atoms. The highest BCUT2D eigenvalue weighted by atomic mass is 16.5. The van der Waals surface area contributed by atoms with Crippen molar-refractivity contribution in [2.24, 2.45) is 4.99 Å². The number of benzene rings is 1. The Labute approximate surface area is 140 Å². The molecule has 0 saturated carbocycles. The van der Waals surface area contributed by atoms with E-state index in [9.17, 15) is 0 Å². The molecule has 2 N–H and O–H groups in total. The van der Waals surface area contributed by atoms with Gasteiger partial charge in [-0.1, -0.05) is 31.2 Å². The molecule has 5 heteroatoms. The summed E-state index contributed by atoms with van der Waals surface area (Å²) in [5.74, 6) is 0.869. The van der Waals surface area contributed by atoms with E-state index in [0.29, 0.717) is 12.6 Å². The number of nitrogens with one attached hydrogen (secondary N) is 2. The largest absolute Gasteiger partial charge is 0.380 e. The summed E-state index contributed by atoms with van der Waals surface area (Å²) < 4.78 is 5.13. The molecule has 2 rings (SSSR count). The first-order valence-corrected chi connectivity index (χ1v) is 8.52. The minimum absolute atomic E-state index is 0.631. The first-order chi connectivity index (χ1) is 11.3. The Bertz CT molecular complexity index is 486. The van der Waals surface area contributed by atoms with Gasteiger partial charge in [0.25, 0.3) is 0 Å². The lowest BCUT2D eigenvalue weighted by Gasteiger charge is -2.24. The summed E-state index contributed by atoms with van der Waals surface area (Å²) in [5, 5.41) is 6.84. The van der Waals surface area contributed by atoms with E-state index < -0.39 is 0 Å². The zero-order valence-corrected chi connectivity index (χ0v) is 14.6. The molecule has 1 fully saturated rings. The number of hydrogen-bond donors (Lipinski definition) is 2. The molecule has 0 bridgehead atoms. The van der Waals surface area contributed by atoms with Crippen molar-refractivity contribution in [1.29, 1.82) is 0 Å². The normalized spacial score (nSPS) is 19.1. The van der Waals surface area contributed by atoms with Crippen LogP contribution in [0.25, 0.3) is 0 Å². The summed E-state index contributed by atoms with van der Waals surface area (Å²) in [6.07, 6.45) is 2.58. The summed E-state index contributed by atoms with van der Waals surface area (Å²) in [5.41, 5.74) is 2.43. The summed E-state index contributed by atoms with van der Waals surface area (Å²) in [6.45, 7) is 6.98. The van der Waals surface area contributed by atoms with Crippen molar-refractivity contribution in [3.05, 3.63) is 35.4 Å². The second-order valence-electron chi connectivity index (χ2n) is 5.98. The number of nitrogens with zero attached hydrogens (tertiary/aromatic N) is 2. The number of aliphatic imine (C=N–C) groups is 1. The van der Waals surface area contributed by atoms with Gasteiger partial charge in [-0.2, -0.15) is 0 Å². The average molecular weight is 318 g/mol. The molecule has 0 radical (unpaired) electrons. The Morgan fingerprint density at radius 3 is 2.65 bits per heavy atom. The molecule has 1 aromatic carbocycles. The third-order valence-corrected chi connectivity index (χ3v) is 4.43. The maximum absolute atomic E-state index is 5.13. The van der Waals surface area contributed by atoms with Gasteiger partial charge >= 0.3 is 0 Å². The standard InChI is InChI=1S/C18H30N4O/c1-4-22-11-5-6-17(22)13-21-18(19-2)20-12-15-7-9-16(10-8-15)14-23-3/h7-10,17H,4-6,11-14H2,1-3H3,(H2,19,20,21). The van der Waals surface area contributed by atoms with Crippen LogP contribution < -0.4 is 10.6 Å². The van der Waals surface area contributed by atoms with Crippen molar-refractivity contribution < 1.29 is 4.74 Å². The number of likely N-dealkylation sites (N-methyl/N-ethyl adjacent to an activating group) is 1. The fourth-order valence-corrected chi connectivity index (χ4v) is 3.08. The predicted octanol–water partition coefficient (Wildman–Crippen LogP) is 1.98. The van der Waals surface area contributed by atoms with Crippen LogP contribution in [0.2, 0.25) is 0 Å². The van der Waals surface area contributed by atoms with Crippen LogP contribution in [-0.2, 0) is 17.9 Å². The molecule has 1 unspecified atom stereocenters. The van der Waals surface area contributed by atoms with Gasteiger partial charge in [-0.15, -0.1) is 0 Å². The highest BCUT2D eigenvalue weighted by Gasteiger charge is 2.22. The molecule has 0 amide bonds. The molecule has 1 saturated heterocycles. The predicted molar refractivity (Wildman–Crippen MR) is 95.6 cm³/mol. The zero-order chi connectivity index (χ0) is 16.5. The molecule has 0 aromatic heterocycles. The van der Waals surface area contributed by atoms with E-state index >= 15 is 0 Å². The van der Waals surface area contributed by atoms with Crippen LogP contribution in [0, 0.1) is 0 Å². The molecule has 1 heterocycles. The van der Waals surface area contributed by atoms with Gasteiger partial charge in [0.1, 0.15) is 0 Å². The Balaban J connectivity index is 1.76. The number of rotatable bonds is 7. The van der Waals surface area contributed by atoms with Crippen molar-refractivity contribution >= 4 is 5.96 Å². The monoisotopic (exact) mass is 318 g/mol. The topological polar surface area (TPSA) is 48.9 Å². The van der Waals surface area contributed by atoms with Crippen LogP contribution in [0.1, 0.15) is 30.9 Å². The van der Waals surface area contributed by atoms with Crippen LogP contribution in [-0.4, -0.2) is 50.7 Å². The molecule has 1 aliphatic heterocycles. The summed E-state index contributed by atoms with van der Waals surface area (Å²) >= 11 is 0. The quantitative estimate of drug-likeness (QED) is 0.596. The number of guanidine groups is 1. The molecule has 0 aliphatic carbocycles. The van der Waals surface area contributed by atoms with Crippen molar-refractivity contribution in [2.45, 2.75) is 39.0 Å². The minimum atomic E-state index is 0.631. The summed E-state index contributed by atoms with van der Waals surface area (Å²) in [4.78, 5) is 6.85. The Kier molecular flexibility index (Phi) is 7.36. The minimum Gasteiger partial charge on any atom is -0.380 e. The van der Waals surface area contributed by atoms with Gasteiger partial charge < -0.3 is 15.4 Å². The fraction of sp³-hybridized carbons (Fsp3) is 0.611. The van der Waals surface area contributed by atoms with E-state index in [-0.39, 0.29) is 0 Å². The summed E-state index contributed by atoms with van der Waals surface area (Å²) in [7, 11) is 3.54. The molecule has 1 aliphatic rings. The maximum atomic E-state index is 5.13. The first kappa shape index (κ1) is 17.8. The zero-order valence-electron chi connectivity index (χ0n) is 14.6. The van der Waals surface area contributed by atoms with Gasteiger partial charge in [0, 0.05) is 33.3 Å². The lowest BCUT2D eigenvalue weighted by molar-refractivity contribution is 0.185. The highest BCUT2D eigenvalue weighted by Crippen LogP contribution is 2.15. The van der Waals surface area contributed by atoms with Gasteiger partial charge in [-0.25, -0.2) is 0 Å². The SMILES string of the molecule is CCN1CCCC1CNC(=NC)NCc1ccc(COC)cc1. The third kappa shape index (κ3) is 5.52. The number of hydrogen-bond acceptors (Lipinski definition) is 3. The van der Waals surface area contributed by atoms with Gasteiger partial charge in [0.15, 0.2) is 5.96 Å². The van der Waals surface area contributed by atoms with E-state index in [1.54, 1.807) is 7.11 Å². The highest BCUT2D eigenvalue weighted by molar-refractivity contribution is 5.79. The van der Waals surface area contributed by atoms with Crippen molar-refractivity contribution in [3.63, 3.8) is 0 Å². The third-order valence-electron chi connectivity index (χ3n) is 4.43. The second-order valence-corrected chi connectivity index (χ2v) is 5.98. The lowest BCUT2D eigenvalue weighted by atomic mass is 10.1. The van der Waals surface area contributed by atoms with Gasteiger partial charge in [0.05, 0.1) is 6.61 Å². The van der Waals surface area contributed by atoms with Crippen molar-refractivity contribution in [3.8, 4) is 0 Å². The van der Waals surface area contributed by atoms with Gasteiger partial charge in [-0.3, -0.25) is 9.89 Å². The molecule has 0 spiro atoms. The van der Waals surface area contributed by atoms with Crippen LogP contribution >= 0.6 is 0 Å². The van der Waals surface area contributed by atoms with E-state index in [1.807, 2.05) is 7.05 Å². The molecule has 5 nitrogen and oxygen atoms in total. The van der Waals surface area contributed by atoms with E-state index in [4.69, 9.17) is 4.74 Å². The van der Waals surface area contributed by atoms with E-state index in [1.165, 1.54) is 30.5 Å². The number of methoxy groups -OCH3 is 1. The van der Waals surface area contributed by atoms with Crippen molar-refractivity contribution in [2.75, 3.05) is 33.8 Å². The molecule has 1 aromatic rings. The van der Waals surface area contributed by atoms with Crippen LogP contribution in [0.15, 0.2) is 29.3 Å². The summed E-state index contributed by atoms with van der Waals surface area (Å²) in [6, 6.07) is 9.10. The van der Waals surface area contributed by atoms with Gasteiger partial charge in [-0.05, 0) is 37.1 Å². The van der Waals surface area contributed by atoms with Crippen molar-refractivity contribution in [1.82, 2.24) is 15.5 Å². The first-order valence-electron chi connectivity index (χ1n) is 8.52. The maximum Gasteiger partial charge on any atom is 0.191 e. The molecule has 128 valence electrons. The van der Waals surface area contributed by atoms with Crippen LogP contribution in [0.3, 0.4) is 0 Å².